The van der Waals surface area contributed by atoms with Gasteiger partial charge in [0.25, 0.3) is 15.0 Å². The van der Waals surface area contributed by atoms with Crippen LogP contribution >= 0.6 is 10.7 Å². The summed E-state index contributed by atoms with van der Waals surface area (Å²) in [6, 6.07) is 6.70. The summed E-state index contributed by atoms with van der Waals surface area (Å²) < 4.78 is 48.6. The maximum absolute atomic E-state index is 13.1. The lowest BCUT2D eigenvalue weighted by Gasteiger charge is -2.09. The average Bonchev–Trinajstić information content (AvgIpc) is 2.42. The largest absolute Gasteiger partial charge is 0.322 e. The van der Waals surface area contributed by atoms with Crippen LogP contribution in [-0.4, -0.2) is 14.3 Å². The molecule has 0 heterocycles. The van der Waals surface area contributed by atoms with Crippen molar-refractivity contribution >= 4 is 31.3 Å². The first kappa shape index (κ1) is 16.4. The molecule has 1 amide bonds. The Kier molecular flexibility index (Phi) is 4.48. The van der Waals surface area contributed by atoms with Crippen molar-refractivity contribution in [2.75, 3.05) is 5.32 Å². The Balaban J connectivity index is 2.35. The van der Waals surface area contributed by atoms with E-state index in [2.05, 4.69) is 5.32 Å². The molecule has 0 bridgehead atoms. The lowest BCUT2D eigenvalue weighted by molar-refractivity contribution is 0.102. The molecule has 2 rings (SSSR count). The van der Waals surface area contributed by atoms with Gasteiger partial charge in [0.05, 0.1) is 4.90 Å². The molecule has 116 valence electrons. The zero-order valence-electron chi connectivity index (χ0n) is 11.2. The molecule has 1 N–H and O–H groups in total. The summed E-state index contributed by atoms with van der Waals surface area (Å²) in [4.78, 5) is 11.9. The van der Waals surface area contributed by atoms with Gasteiger partial charge in [-0.25, -0.2) is 17.2 Å². The predicted molar refractivity (Wildman–Crippen MR) is 78.5 cm³/mol. The highest BCUT2D eigenvalue weighted by molar-refractivity contribution is 8.13. The lowest BCUT2D eigenvalue weighted by Crippen LogP contribution is -2.14. The third-order valence-electron chi connectivity index (χ3n) is 2.91. The second kappa shape index (κ2) is 6.02. The third kappa shape index (κ3) is 3.61. The number of nitrogens with one attached hydrogen (secondary N) is 1. The van der Waals surface area contributed by atoms with Crippen LogP contribution in [0.5, 0.6) is 0 Å². The van der Waals surface area contributed by atoms with Crippen LogP contribution in [0.4, 0.5) is 14.5 Å². The minimum absolute atomic E-state index is 0.0439. The Bertz CT molecular complexity index is 853. The molecule has 0 saturated carbocycles. The number of hydrogen-bond acceptors (Lipinski definition) is 3. The molecule has 2 aromatic rings. The number of aryl methyl sites for hydroxylation is 1. The van der Waals surface area contributed by atoms with Crippen LogP contribution in [0.25, 0.3) is 0 Å². The molecule has 0 fully saturated rings. The molecule has 0 saturated heterocycles. The zero-order valence-corrected chi connectivity index (χ0v) is 12.8. The van der Waals surface area contributed by atoms with Gasteiger partial charge in [0.1, 0.15) is 0 Å². The monoisotopic (exact) mass is 345 g/mol. The Hall–Kier alpha value is -1.99. The summed E-state index contributed by atoms with van der Waals surface area (Å²) in [5, 5.41) is 2.36. The van der Waals surface area contributed by atoms with Gasteiger partial charge >= 0.3 is 0 Å². The van der Waals surface area contributed by atoms with E-state index >= 15 is 0 Å². The summed E-state index contributed by atoms with van der Waals surface area (Å²) >= 11 is 0. The fourth-order valence-electron chi connectivity index (χ4n) is 1.77. The van der Waals surface area contributed by atoms with E-state index < -0.39 is 26.6 Å². The standard InChI is InChI=1S/C14H10ClF2NO3S/c1-8-2-4-10(22(15,20)21)7-11(8)14(19)18-9-3-5-12(16)13(17)6-9/h2-7H,1H3,(H,18,19). The number of hydrogen-bond donors (Lipinski definition) is 1. The summed E-state index contributed by atoms with van der Waals surface area (Å²) in [6.45, 7) is 1.60. The molecule has 0 atom stereocenters. The molecule has 8 heteroatoms. The maximum Gasteiger partial charge on any atom is 0.261 e. The van der Waals surface area contributed by atoms with Gasteiger partial charge in [-0.05, 0) is 36.8 Å². The molecular formula is C14H10ClF2NO3S. The Labute approximate surface area is 130 Å². The number of halogens is 3. The van der Waals surface area contributed by atoms with Gasteiger partial charge in [-0.15, -0.1) is 0 Å². The number of carbonyl (C=O) groups is 1. The van der Waals surface area contributed by atoms with E-state index in [1.165, 1.54) is 18.2 Å². The van der Waals surface area contributed by atoms with E-state index in [0.29, 0.717) is 5.56 Å². The van der Waals surface area contributed by atoms with Crippen molar-refractivity contribution in [1.82, 2.24) is 0 Å². The van der Waals surface area contributed by atoms with Crippen molar-refractivity contribution < 1.29 is 22.0 Å². The second-order valence-electron chi connectivity index (χ2n) is 4.50. The highest BCUT2D eigenvalue weighted by Gasteiger charge is 2.16. The summed E-state index contributed by atoms with van der Waals surface area (Å²) in [5.41, 5.74) is 0.609. The summed E-state index contributed by atoms with van der Waals surface area (Å²) in [6.07, 6.45) is 0. The van der Waals surface area contributed by atoms with Gasteiger partial charge in [-0.2, -0.15) is 0 Å². The Morgan fingerprint density at radius 3 is 2.36 bits per heavy atom. The molecule has 0 aliphatic rings. The fourth-order valence-corrected chi connectivity index (χ4v) is 2.55. The lowest BCUT2D eigenvalue weighted by atomic mass is 10.1. The van der Waals surface area contributed by atoms with Gasteiger partial charge in [0.2, 0.25) is 0 Å². The zero-order chi connectivity index (χ0) is 16.5. The minimum atomic E-state index is -3.98. The average molecular weight is 346 g/mol. The van der Waals surface area contributed by atoms with E-state index in [1.54, 1.807) is 6.92 Å². The smallest absolute Gasteiger partial charge is 0.261 e. The first-order valence-electron chi connectivity index (χ1n) is 6.00. The van der Waals surface area contributed by atoms with E-state index in [1.807, 2.05) is 0 Å². The topological polar surface area (TPSA) is 63.2 Å². The van der Waals surface area contributed by atoms with Gasteiger partial charge < -0.3 is 5.32 Å². The highest BCUT2D eigenvalue weighted by Crippen LogP contribution is 2.21. The van der Waals surface area contributed by atoms with Gasteiger partial charge in [-0.3, -0.25) is 4.79 Å². The number of benzene rings is 2. The molecule has 0 spiro atoms. The van der Waals surface area contributed by atoms with Crippen LogP contribution < -0.4 is 5.32 Å². The normalized spacial score (nSPS) is 11.3. The molecule has 0 aromatic heterocycles. The van der Waals surface area contributed by atoms with Gasteiger partial charge in [0.15, 0.2) is 11.6 Å². The van der Waals surface area contributed by atoms with Crippen LogP contribution in [0, 0.1) is 18.6 Å². The van der Waals surface area contributed by atoms with E-state index in [0.717, 1.165) is 18.2 Å². The molecule has 0 aliphatic carbocycles. The first-order valence-corrected chi connectivity index (χ1v) is 8.31. The van der Waals surface area contributed by atoms with Crippen LogP contribution in [0.2, 0.25) is 0 Å². The van der Waals surface area contributed by atoms with Crippen molar-refractivity contribution in [1.29, 1.82) is 0 Å². The van der Waals surface area contributed by atoms with Crippen molar-refractivity contribution in [3.05, 3.63) is 59.2 Å². The number of anilines is 1. The number of amides is 1. The third-order valence-corrected chi connectivity index (χ3v) is 4.26. The number of rotatable bonds is 3. The van der Waals surface area contributed by atoms with Crippen molar-refractivity contribution in [2.45, 2.75) is 11.8 Å². The van der Waals surface area contributed by atoms with E-state index in [9.17, 15) is 22.0 Å². The molecular weight excluding hydrogens is 336 g/mol. The highest BCUT2D eigenvalue weighted by atomic mass is 35.7. The van der Waals surface area contributed by atoms with Crippen LogP contribution in [0.15, 0.2) is 41.3 Å². The van der Waals surface area contributed by atoms with Crippen LogP contribution in [0.3, 0.4) is 0 Å². The second-order valence-corrected chi connectivity index (χ2v) is 7.06. The maximum atomic E-state index is 13.1. The summed E-state index contributed by atoms with van der Waals surface area (Å²) in [7, 11) is 1.26. The molecule has 0 aliphatic heterocycles. The van der Waals surface area contributed by atoms with Crippen molar-refractivity contribution in [2.24, 2.45) is 0 Å². The van der Waals surface area contributed by atoms with Gasteiger partial charge in [0, 0.05) is 28.0 Å². The van der Waals surface area contributed by atoms with E-state index in [-0.39, 0.29) is 16.1 Å². The fraction of sp³-hybridized carbons (Fsp3) is 0.0714. The molecule has 0 unspecified atom stereocenters. The van der Waals surface area contributed by atoms with Crippen molar-refractivity contribution in [3.63, 3.8) is 0 Å². The summed E-state index contributed by atoms with van der Waals surface area (Å²) in [5.74, 6) is -2.80. The quantitative estimate of drug-likeness (QED) is 0.866. The molecule has 0 radical (unpaired) electrons. The number of carbonyl (C=O) groups excluding carboxylic acids is 1. The van der Waals surface area contributed by atoms with Gasteiger partial charge in [-0.1, -0.05) is 6.07 Å². The Morgan fingerprint density at radius 1 is 1.09 bits per heavy atom. The molecule has 2 aromatic carbocycles. The van der Waals surface area contributed by atoms with E-state index in [4.69, 9.17) is 10.7 Å². The Morgan fingerprint density at radius 2 is 1.77 bits per heavy atom. The van der Waals surface area contributed by atoms with Crippen LogP contribution in [0.1, 0.15) is 15.9 Å². The SMILES string of the molecule is Cc1ccc(S(=O)(=O)Cl)cc1C(=O)Nc1ccc(F)c(F)c1. The molecule has 4 nitrogen and oxygen atoms in total. The minimum Gasteiger partial charge on any atom is -0.322 e. The molecule has 22 heavy (non-hydrogen) atoms. The van der Waals surface area contributed by atoms with Crippen LogP contribution in [-0.2, 0) is 9.05 Å². The predicted octanol–water partition coefficient (Wildman–Crippen LogP) is 3.45. The van der Waals surface area contributed by atoms with Crippen molar-refractivity contribution in [3.8, 4) is 0 Å². The first-order chi connectivity index (χ1) is 10.2.